The van der Waals surface area contributed by atoms with Crippen LogP contribution < -0.4 is 0 Å². The van der Waals surface area contributed by atoms with Crippen molar-refractivity contribution < 1.29 is 4.18 Å². The van der Waals surface area contributed by atoms with Crippen molar-refractivity contribution in [3.63, 3.8) is 0 Å². The fourth-order valence-corrected chi connectivity index (χ4v) is 1.68. The summed E-state index contributed by atoms with van der Waals surface area (Å²) < 4.78 is 5.20. The molecule has 0 radical (unpaired) electrons. The summed E-state index contributed by atoms with van der Waals surface area (Å²) in [6.45, 7) is 0.885. The van der Waals surface area contributed by atoms with Crippen LogP contribution >= 0.6 is 12.0 Å². The normalized spacial score (nSPS) is 10.4. The predicted octanol–water partition coefficient (Wildman–Crippen LogP) is 3.69. The third kappa shape index (κ3) is 5.30. The molecule has 1 nitrogen and oxygen atoms in total. The predicted molar refractivity (Wildman–Crippen MR) is 63.5 cm³/mol. The number of hydrogen-bond acceptors (Lipinski definition) is 2. The SMILES string of the molecule is CSOCCCCCc1ccccc1. The molecule has 78 valence electrons. The van der Waals surface area contributed by atoms with Gasteiger partial charge >= 0.3 is 0 Å². The summed E-state index contributed by atoms with van der Waals surface area (Å²) in [6, 6.07) is 10.7. The molecular formula is C12H18OS. The second-order valence-electron chi connectivity index (χ2n) is 3.28. The van der Waals surface area contributed by atoms with Crippen LogP contribution in [0, 0.1) is 0 Å². The van der Waals surface area contributed by atoms with Crippen molar-refractivity contribution in [3.8, 4) is 0 Å². The van der Waals surface area contributed by atoms with Gasteiger partial charge in [-0.05, 0) is 36.9 Å². The largest absolute Gasteiger partial charge is 0.316 e. The van der Waals surface area contributed by atoms with E-state index < -0.39 is 0 Å². The average molecular weight is 210 g/mol. The van der Waals surface area contributed by atoms with Gasteiger partial charge in [0.2, 0.25) is 0 Å². The molecule has 0 atom stereocenters. The number of benzene rings is 1. The van der Waals surface area contributed by atoms with E-state index in [4.69, 9.17) is 4.18 Å². The molecule has 1 aromatic carbocycles. The van der Waals surface area contributed by atoms with Crippen LogP contribution in [-0.4, -0.2) is 12.9 Å². The van der Waals surface area contributed by atoms with E-state index in [1.807, 2.05) is 6.26 Å². The van der Waals surface area contributed by atoms with Gasteiger partial charge in [-0.3, -0.25) is 0 Å². The van der Waals surface area contributed by atoms with Gasteiger partial charge in [0.05, 0.1) is 6.61 Å². The molecule has 0 fully saturated rings. The molecule has 2 heteroatoms. The van der Waals surface area contributed by atoms with Gasteiger partial charge in [0.1, 0.15) is 0 Å². The number of hydrogen-bond donors (Lipinski definition) is 0. The van der Waals surface area contributed by atoms with Crippen LogP contribution in [0.3, 0.4) is 0 Å². The fraction of sp³-hybridized carbons (Fsp3) is 0.500. The Hall–Kier alpha value is -0.470. The van der Waals surface area contributed by atoms with Gasteiger partial charge in [-0.15, -0.1) is 0 Å². The summed E-state index contributed by atoms with van der Waals surface area (Å²) in [5, 5.41) is 0. The molecule has 0 spiro atoms. The van der Waals surface area contributed by atoms with Gasteiger partial charge in [-0.1, -0.05) is 36.8 Å². The van der Waals surface area contributed by atoms with Gasteiger partial charge < -0.3 is 4.18 Å². The van der Waals surface area contributed by atoms with Gasteiger partial charge in [0.25, 0.3) is 0 Å². The molecule has 0 aliphatic heterocycles. The fourth-order valence-electron chi connectivity index (χ4n) is 1.39. The van der Waals surface area contributed by atoms with Gasteiger partial charge in [-0.25, -0.2) is 0 Å². The van der Waals surface area contributed by atoms with Crippen molar-refractivity contribution in [2.45, 2.75) is 25.7 Å². The molecule has 0 aliphatic carbocycles. The first-order valence-electron chi connectivity index (χ1n) is 5.13. The summed E-state index contributed by atoms with van der Waals surface area (Å²) in [5.41, 5.74) is 1.44. The lowest BCUT2D eigenvalue weighted by Gasteiger charge is -2.01. The smallest absolute Gasteiger partial charge is 0.0613 e. The third-order valence-electron chi connectivity index (χ3n) is 2.15. The highest BCUT2D eigenvalue weighted by Crippen LogP contribution is 2.07. The van der Waals surface area contributed by atoms with E-state index in [1.54, 1.807) is 0 Å². The number of aryl methyl sites for hydroxylation is 1. The molecule has 0 N–H and O–H groups in total. The molecule has 0 amide bonds. The molecule has 1 aromatic rings. The van der Waals surface area contributed by atoms with Crippen LogP contribution in [0.4, 0.5) is 0 Å². The minimum absolute atomic E-state index is 0.885. The summed E-state index contributed by atoms with van der Waals surface area (Å²) in [7, 11) is 0. The first kappa shape index (κ1) is 11.6. The standard InChI is InChI=1S/C12H18OS/c1-14-13-11-7-3-6-10-12-8-4-2-5-9-12/h2,4-5,8-9H,3,6-7,10-11H2,1H3. The van der Waals surface area contributed by atoms with Gasteiger partial charge in [0, 0.05) is 6.26 Å². The van der Waals surface area contributed by atoms with Crippen molar-refractivity contribution in [1.29, 1.82) is 0 Å². The topological polar surface area (TPSA) is 9.23 Å². The van der Waals surface area contributed by atoms with Crippen LogP contribution in [0.25, 0.3) is 0 Å². The molecule has 0 heterocycles. The second kappa shape index (κ2) is 7.89. The zero-order chi connectivity index (χ0) is 10.1. The summed E-state index contributed by atoms with van der Waals surface area (Å²) in [5.74, 6) is 0. The highest BCUT2D eigenvalue weighted by molar-refractivity contribution is 7.93. The summed E-state index contributed by atoms with van der Waals surface area (Å²) in [6.07, 6.45) is 6.86. The number of unbranched alkanes of at least 4 members (excludes halogenated alkanes) is 2. The Morgan fingerprint density at radius 2 is 1.86 bits per heavy atom. The van der Waals surface area contributed by atoms with Crippen molar-refractivity contribution in [1.82, 2.24) is 0 Å². The van der Waals surface area contributed by atoms with E-state index in [0.29, 0.717) is 0 Å². The molecule has 1 rings (SSSR count). The van der Waals surface area contributed by atoms with Crippen molar-refractivity contribution in [2.24, 2.45) is 0 Å². The van der Waals surface area contributed by atoms with Crippen molar-refractivity contribution in [2.75, 3.05) is 12.9 Å². The second-order valence-corrected chi connectivity index (χ2v) is 3.85. The molecule has 0 unspecified atom stereocenters. The lowest BCUT2D eigenvalue weighted by Crippen LogP contribution is -1.89. The first-order valence-corrected chi connectivity index (χ1v) is 6.28. The Morgan fingerprint density at radius 3 is 2.57 bits per heavy atom. The minimum Gasteiger partial charge on any atom is -0.316 e. The van der Waals surface area contributed by atoms with E-state index in [2.05, 4.69) is 30.3 Å². The molecule has 0 bridgehead atoms. The van der Waals surface area contributed by atoms with E-state index >= 15 is 0 Å². The monoisotopic (exact) mass is 210 g/mol. The molecule has 0 saturated heterocycles. The van der Waals surface area contributed by atoms with Crippen LogP contribution in [0.1, 0.15) is 24.8 Å². The zero-order valence-electron chi connectivity index (χ0n) is 8.74. The quantitative estimate of drug-likeness (QED) is 0.501. The summed E-state index contributed by atoms with van der Waals surface area (Å²) in [4.78, 5) is 0. The molecule has 14 heavy (non-hydrogen) atoms. The highest BCUT2D eigenvalue weighted by atomic mass is 32.2. The Balaban J connectivity index is 1.99. The maximum absolute atomic E-state index is 5.20. The molecule has 0 aliphatic rings. The van der Waals surface area contributed by atoms with Crippen molar-refractivity contribution in [3.05, 3.63) is 35.9 Å². The minimum atomic E-state index is 0.885. The van der Waals surface area contributed by atoms with Crippen LogP contribution in [0.15, 0.2) is 30.3 Å². The van der Waals surface area contributed by atoms with Crippen molar-refractivity contribution >= 4 is 12.0 Å². The molecular weight excluding hydrogens is 192 g/mol. The Kier molecular flexibility index (Phi) is 6.54. The van der Waals surface area contributed by atoms with Crippen LogP contribution in [-0.2, 0) is 10.6 Å². The van der Waals surface area contributed by atoms with Crippen LogP contribution in [0.5, 0.6) is 0 Å². The van der Waals surface area contributed by atoms with Gasteiger partial charge in [0.15, 0.2) is 0 Å². The van der Waals surface area contributed by atoms with Gasteiger partial charge in [-0.2, -0.15) is 0 Å². The zero-order valence-corrected chi connectivity index (χ0v) is 9.56. The van der Waals surface area contributed by atoms with E-state index in [9.17, 15) is 0 Å². The van der Waals surface area contributed by atoms with E-state index in [1.165, 1.54) is 43.3 Å². The third-order valence-corrected chi connectivity index (χ3v) is 2.56. The van der Waals surface area contributed by atoms with E-state index in [-0.39, 0.29) is 0 Å². The lowest BCUT2D eigenvalue weighted by atomic mass is 10.1. The Morgan fingerprint density at radius 1 is 1.07 bits per heavy atom. The Bertz CT molecular complexity index is 223. The summed E-state index contributed by atoms with van der Waals surface area (Å²) >= 11 is 1.46. The maximum atomic E-state index is 5.20. The average Bonchev–Trinajstić information content (AvgIpc) is 2.25. The number of rotatable bonds is 7. The molecule has 0 aromatic heterocycles. The molecule has 0 saturated carbocycles. The van der Waals surface area contributed by atoms with Crippen LogP contribution in [0.2, 0.25) is 0 Å². The maximum Gasteiger partial charge on any atom is 0.0613 e. The Labute approximate surface area is 91.1 Å². The highest BCUT2D eigenvalue weighted by Gasteiger charge is 1.92. The first-order chi connectivity index (χ1) is 6.93. The lowest BCUT2D eigenvalue weighted by molar-refractivity contribution is 0.358. The van der Waals surface area contributed by atoms with E-state index in [0.717, 1.165) is 6.61 Å².